The molecular formula is C19H29N3O2. The van der Waals surface area contributed by atoms with Crippen LogP contribution in [0.1, 0.15) is 38.7 Å². The number of hydrogen-bond donors (Lipinski definition) is 2. The first-order chi connectivity index (χ1) is 11.5. The zero-order valence-corrected chi connectivity index (χ0v) is 14.8. The summed E-state index contributed by atoms with van der Waals surface area (Å²) in [6.45, 7) is 8.63. The van der Waals surface area contributed by atoms with Crippen LogP contribution in [-0.4, -0.2) is 43.3 Å². The van der Waals surface area contributed by atoms with E-state index in [4.69, 9.17) is 4.74 Å². The van der Waals surface area contributed by atoms with Crippen LogP contribution in [0, 0.1) is 5.41 Å². The fourth-order valence-corrected chi connectivity index (χ4v) is 3.40. The first kappa shape index (κ1) is 17.2. The molecule has 0 bridgehead atoms. The number of anilines is 1. The van der Waals surface area contributed by atoms with Crippen molar-refractivity contribution in [1.82, 2.24) is 10.2 Å². The quantitative estimate of drug-likeness (QED) is 0.871. The molecule has 0 unspecified atom stereocenters. The Kier molecular flexibility index (Phi) is 5.41. The molecular weight excluding hydrogens is 302 g/mol. The molecule has 0 saturated carbocycles. The van der Waals surface area contributed by atoms with Gasteiger partial charge in [-0.25, -0.2) is 4.79 Å². The van der Waals surface area contributed by atoms with Gasteiger partial charge in [0.1, 0.15) is 0 Å². The van der Waals surface area contributed by atoms with Crippen molar-refractivity contribution in [2.75, 3.05) is 31.6 Å². The van der Waals surface area contributed by atoms with Gasteiger partial charge in [-0.05, 0) is 44.0 Å². The molecule has 2 heterocycles. The summed E-state index contributed by atoms with van der Waals surface area (Å²) in [6, 6.07) is 8.67. The minimum Gasteiger partial charge on any atom is -0.380 e. The number of urea groups is 1. The molecule has 132 valence electrons. The fraction of sp³-hybridized carbons (Fsp3) is 0.632. The molecule has 0 radical (unpaired) electrons. The number of rotatable bonds is 5. The highest BCUT2D eigenvalue weighted by molar-refractivity contribution is 5.89. The summed E-state index contributed by atoms with van der Waals surface area (Å²) in [6.07, 6.45) is 3.90. The lowest BCUT2D eigenvalue weighted by molar-refractivity contribution is -0.0974. The van der Waals surface area contributed by atoms with Crippen molar-refractivity contribution in [3.8, 4) is 0 Å². The van der Waals surface area contributed by atoms with Crippen molar-refractivity contribution < 1.29 is 9.53 Å². The minimum absolute atomic E-state index is 0.0869. The van der Waals surface area contributed by atoms with Gasteiger partial charge in [0.25, 0.3) is 0 Å². The Morgan fingerprint density at radius 2 is 2.21 bits per heavy atom. The maximum Gasteiger partial charge on any atom is 0.319 e. The standard InChI is InChI=1S/C19H29N3O2/c1-15-6-3-4-9-22(15)11-16-7-5-8-17(10-16)21-18(23)20-12-19(2)13-24-14-19/h5,7-8,10,15H,3-4,6,9,11-14H2,1-2H3,(H2,20,21,23)/t15-/m1/s1. The van der Waals surface area contributed by atoms with Crippen LogP contribution in [0.25, 0.3) is 0 Å². The summed E-state index contributed by atoms with van der Waals surface area (Å²) in [5, 5.41) is 5.88. The van der Waals surface area contributed by atoms with E-state index < -0.39 is 0 Å². The zero-order valence-electron chi connectivity index (χ0n) is 14.8. The van der Waals surface area contributed by atoms with Gasteiger partial charge in [-0.2, -0.15) is 0 Å². The average molecular weight is 331 g/mol. The van der Waals surface area contributed by atoms with E-state index in [1.165, 1.54) is 31.4 Å². The predicted molar refractivity (Wildman–Crippen MR) is 96.1 cm³/mol. The summed E-state index contributed by atoms with van der Waals surface area (Å²) in [7, 11) is 0. The molecule has 2 aliphatic heterocycles. The fourth-order valence-electron chi connectivity index (χ4n) is 3.40. The van der Waals surface area contributed by atoms with Crippen molar-refractivity contribution in [1.29, 1.82) is 0 Å². The average Bonchev–Trinajstić information content (AvgIpc) is 2.54. The molecule has 5 heteroatoms. The summed E-state index contributed by atoms with van der Waals surface area (Å²) in [5.74, 6) is 0. The highest BCUT2D eigenvalue weighted by Gasteiger charge is 2.33. The van der Waals surface area contributed by atoms with Gasteiger partial charge in [-0.3, -0.25) is 4.90 Å². The Balaban J connectivity index is 1.51. The van der Waals surface area contributed by atoms with Gasteiger partial charge >= 0.3 is 6.03 Å². The van der Waals surface area contributed by atoms with Gasteiger partial charge in [0.15, 0.2) is 0 Å². The van der Waals surface area contributed by atoms with Crippen molar-refractivity contribution in [3.05, 3.63) is 29.8 Å². The maximum atomic E-state index is 12.1. The van der Waals surface area contributed by atoms with E-state index in [0.29, 0.717) is 12.6 Å². The van der Waals surface area contributed by atoms with Gasteiger partial charge < -0.3 is 15.4 Å². The van der Waals surface area contributed by atoms with Crippen LogP contribution in [-0.2, 0) is 11.3 Å². The van der Waals surface area contributed by atoms with Gasteiger partial charge in [-0.15, -0.1) is 0 Å². The van der Waals surface area contributed by atoms with Crippen molar-refractivity contribution >= 4 is 11.7 Å². The number of hydrogen-bond acceptors (Lipinski definition) is 3. The molecule has 0 spiro atoms. The summed E-state index contributed by atoms with van der Waals surface area (Å²) >= 11 is 0. The number of benzene rings is 1. The van der Waals surface area contributed by atoms with E-state index in [1.807, 2.05) is 12.1 Å². The number of ether oxygens (including phenoxy) is 1. The second-order valence-corrected chi connectivity index (χ2v) is 7.63. The molecule has 5 nitrogen and oxygen atoms in total. The van der Waals surface area contributed by atoms with Gasteiger partial charge in [0, 0.05) is 30.2 Å². The highest BCUT2D eigenvalue weighted by atomic mass is 16.5. The van der Waals surface area contributed by atoms with E-state index in [0.717, 1.165) is 25.4 Å². The molecule has 0 aromatic heterocycles. The van der Waals surface area contributed by atoms with Gasteiger partial charge in [-0.1, -0.05) is 25.5 Å². The second kappa shape index (κ2) is 7.53. The van der Waals surface area contributed by atoms with Gasteiger partial charge in [0.05, 0.1) is 13.2 Å². The Morgan fingerprint density at radius 1 is 1.38 bits per heavy atom. The largest absolute Gasteiger partial charge is 0.380 e. The number of nitrogens with one attached hydrogen (secondary N) is 2. The van der Waals surface area contributed by atoms with Crippen LogP contribution in [0.2, 0.25) is 0 Å². The Hall–Kier alpha value is -1.59. The third kappa shape index (κ3) is 4.48. The zero-order chi connectivity index (χ0) is 17.0. The topological polar surface area (TPSA) is 53.6 Å². The third-order valence-electron chi connectivity index (χ3n) is 5.09. The number of carbonyl (C=O) groups excluding carboxylic acids is 1. The molecule has 2 saturated heterocycles. The molecule has 2 aliphatic rings. The Bertz CT molecular complexity index is 571. The SMILES string of the molecule is C[C@@H]1CCCCN1Cc1cccc(NC(=O)NCC2(C)COC2)c1. The third-order valence-corrected chi connectivity index (χ3v) is 5.09. The smallest absolute Gasteiger partial charge is 0.319 e. The first-order valence-corrected chi connectivity index (χ1v) is 9.00. The number of carbonyl (C=O) groups is 1. The number of piperidine rings is 1. The lowest BCUT2D eigenvalue weighted by Gasteiger charge is -2.37. The molecule has 24 heavy (non-hydrogen) atoms. The molecule has 1 aromatic carbocycles. The maximum absolute atomic E-state index is 12.1. The van der Waals surface area contributed by atoms with E-state index in [-0.39, 0.29) is 11.4 Å². The van der Waals surface area contributed by atoms with Gasteiger partial charge in [0.2, 0.25) is 0 Å². The van der Waals surface area contributed by atoms with Crippen LogP contribution >= 0.6 is 0 Å². The Labute approximate surface area is 144 Å². The van der Waals surface area contributed by atoms with E-state index in [2.05, 4.69) is 41.5 Å². The number of amides is 2. The molecule has 3 rings (SSSR count). The number of nitrogens with zero attached hydrogens (tertiary/aromatic N) is 1. The minimum atomic E-state index is -0.147. The summed E-state index contributed by atoms with van der Waals surface area (Å²) in [5.41, 5.74) is 2.19. The molecule has 0 aliphatic carbocycles. The summed E-state index contributed by atoms with van der Waals surface area (Å²) in [4.78, 5) is 14.6. The Morgan fingerprint density at radius 3 is 2.92 bits per heavy atom. The first-order valence-electron chi connectivity index (χ1n) is 9.00. The second-order valence-electron chi connectivity index (χ2n) is 7.63. The van der Waals surface area contributed by atoms with Crippen molar-refractivity contribution in [2.24, 2.45) is 5.41 Å². The molecule has 2 amide bonds. The van der Waals surface area contributed by atoms with Crippen LogP contribution in [0.4, 0.5) is 10.5 Å². The summed E-state index contributed by atoms with van der Waals surface area (Å²) < 4.78 is 5.21. The van der Waals surface area contributed by atoms with E-state index >= 15 is 0 Å². The van der Waals surface area contributed by atoms with E-state index in [9.17, 15) is 4.79 Å². The lowest BCUT2D eigenvalue weighted by Crippen LogP contribution is -2.49. The molecule has 1 aromatic rings. The normalized spacial score (nSPS) is 23.3. The van der Waals surface area contributed by atoms with Crippen molar-refractivity contribution in [3.63, 3.8) is 0 Å². The lowest BCUT2D eigenvalue weighted by atomic mass is 9.89. The van der Waals surface area contributed by atoms with Crippen LogP contribution in [0.5, 0.6) is 0 Å². The van der Waals surface area contributed by atoms with Crippen molar-refractivity contribution in [2.45, 2.75) is 45.7 Å². The van der Waals surface area contributed by atoms with Crippen LogP contribution in [0.15, 0.2) is 24.3 Å². The monoisotopic (exact) mass is 331 g/mol. The highest BCUT2D eigenvalue weighted by Crippen LogP contribution is 2.25. The predicted octanol–water partition coefficient (Wildman–Crippen LogP) is 3.22. The molecule has 2 fully saturated rings. The molecule has 2 N–H and O–H groups in total. The van der Waals surface area contributed by atoms with Crippen LogP contribution in [0.3, 0.4) is 0 Å². The van der Waals surface area contributed by atoms with Crippen LogP contribution < -0.4 is 10.6 Å². The molecule has 1 atom stereocenters. The van der Waals surface area contributed by atoms with E-state index in [1.54, 1.807) is 0 Å². The number of likely N-dealkylation sites (tertiary alicyclic amines) is 1.